The van der Waals surface area contributed by atoms with E-state index in [4.69, 9.17) is 33.6 Å². The lowest BCUT2D eigenvalue weighted by atomic mass is 9.80. The quantitative estimate of drug-likeness (QED) is 0.269. The Labute approximate surface area is 249 Å². The zero-order chi connectivity index (χ0) is 29.4. The summed E-state index contributed by atoms with van der Waals surface area (Å²) < 4.78 is 0. The number of piperidine rings is 1. The molecule has 0 amide bonds. The highest BCUT2D eigenvalue weighted by Crippen LogP contribution is 2.35. The fourth-order valence-electron chi connectivity index (χ4n) is 5.42. The Morgan fingerprint density at radius 2 is 1.98 bits per heavy atom. The van der Waals surface area contributed by atoms with Crippen molar-refractivity contribution >= 4 is 40.5 Å². The number of aliphatic hydroxyl groups is 1. The zero-order valence-corrected chi connectivity index (χ0v) is 25.9. The third-order valence-corrected chi connectivity index (χ3v) is 8.16. The van der Waals surface area contributed by atoms with Crippen LogP contribution in [0.4, 0.5) is 11.6 Å². The van der Waals surface area contributed by atoms with Crippen molar-refractivity contribution in [3.63, 3.8) is 0 Å². The molecule has 1 aromatic heterocycles. The van der Waals surface area contributed by atoms with Crippen LogP contribution in [-0.2, 0) is 0 Å². The molecule has 2 fully saturated rings. The summed E-state index contributed by atoms with van der Waals surface area (Å²) in [7, 11) is 0. The summed E-state index contributed by atoms with van der Waals surface area (Å²) in [6.07, 6.45) is 5.96. The van der Waals surface area contributed by atoms with Crippen molar-refractivity contribution in [2.45, 2.75) is 71.9 Å². The molecule has 3 heterocycles. The zero-order valence-electron chi connectivity index (χ0n) is 24.3. The molecule has 1 aromatic carbocycles. The molecule has 0 spiro atoms. The minimum atomic E-state index is -0.599. The average Bonchev–Trinajstić information content (AvgIpc) is 2.88. The minimum absolute atomic E-state index is 0.222. The summed E-state index contributed by atoms with van der Waals surface area (Å²) in [5, 5.41) is 31.8. The van der Waals surface area contributed by atoms with Gasteiger partial charge in [0.05, 0.1) is 17.8 Å². The van der Waals surface area contributed by atoms with E-state index in [0.717, 1.165) is 56.9 Å². The van der Waals surface area contributed by atoms with E-state index < -0.39 is 5.60 Å². The highest BCUT2D eigenvalue weighted by Gasteiger charge is 2.36. The van der Waals surface area contributed by atoms with Crippen LogP contribution in [0.15, 0.2) is 24.4 Å². The van der Waals surface area contributed by atoms with Crippen LogP contribution in [0.3, 0.4) is 0 Å². The van der Waals surface area contributed by atoms with Gasteiger partial charge in [0, 0.05) is 29.7 Å². The van der Waals surface area contributed by atoms with Gasteiger partial charge in [0.25, 0.3) is 0 Å². The predicted molar refractivity (Wildman–Crippen MR) is 165 cm³/mol. The van der Waals surface area contributed by atoms with Crippen LogP contribution in [0.1, 0.15) is 77.6 Å². The standard InChI is InChI=1S/C28H37Cl2N7O.C2H6/c1-18(22-8-7-21(29)12-23(22)30)34-27-26(24(32)13-31)33-14-25(35-27)37-16-20(17-37)19-6-4-10-36(15-19)11-5-9-28(2,3)38;1-2/h7-8,12,14,18-20,32,38H,4-6,9-11,15-17H2,1-3H3,(H,34,35);1-2H3. The molecule has 8 nitrogen and oxygen atoms in total. The molecule has 40 heavy (non-hydrogen) atoms. The lowest BCUT2D eigenvalue weighted by Gasteiger charge is -2.47. The Hall–Kier alpha value is -2.44. The smallest absolute Gasteiger partial charge is 0.161 e. The first kappa shape index (κ1) is 32.1. The summed E-state index contributed by atoms with van der Waals surface area (Å²) >= 11 is 12.5. The lowest BCUT2D eigenvalue weighted by molar-refractivity contribution is 0.0594. The normalized spacial score (nSPS) is 18.7. The van der Waals surface area contributed by atoms with Crippen LogP contribution in [-0.4, -0.2) is 64.0 Å². The van der Waals surface area contributed by atoms with Gasteiger partial charge in [-0.1, -0.05) is 43.1 Å². The van der Waals surface area contributed by atoms with Crippen LogP contribution in [0.25, 0.3) is 0 Å². The number of benzene rings is 1. The molecule has 2 saturated heterocycles. The first-order chi connectivity index (χ1) is 19.0. The van der Waals surface area contributed by atoms with E-state index in [1.807, 2.05) is 46.8 Å². The number of anilines is 2. The Balaban J connectivity index is 0.00000216. The van der Waals surface area contributed by atoms with E-state index in [1.54, 1.807) is 18.3 Å². The van der Waals surface area contributed by atoms with Gasteiger partial charge in [-0.25, -0.2) is 9.97 Å². The van der Waals surface area contributed by atoms with E-state index in [9.17, 15) is 10.4 Å². The predicted octanol–water partition coefficient (Wildman–Crippen LogP) is 6.57. The second-order valence-electron chi connectivity index (χ2n) is 11.2. The highest BCUT2D eigenvalue weighted by molar-refractivity contribution is 6.35. The summed E-state index contributed by atoms with van der Waals surface area (Å²) in [5.74, 6) is 2.40. The topological polar surface area (TPSA) is 112 Å². The number of halogens is 2. The monoisotopic (exact) mass is 587 g/mol. The van der Waals surface area contributed by atoms with Gasteiger partial charge >= 0.3 is 0 Å². The minimum Gasteiger partial charge on any atom is -0.390 e. The van der Waals surface area contributed by atoms with Gasteiger partial charge in [0.1, 0.15) is 17.6 Å². The number of likely N-dealkylation sites (tertiary alicyclic amines) is 1. The van der Waals surface area contributed by atoms with Gasteiger partial charge in [-0.05, 0) is 89.1 Å². The molecule has 2 atom stereocenters. The number of hydrogen-bond acceptors (Lipinski definition) is 8. The highest BCUT2D eigenvalue weighted by atomic mass is 35.5. The lowest BCUT2D eigenvalue weighted by Crippen LogP contribution is -2.54. The molecule has 10 heteroatoms. The first-order valence-corrected chi connectivity index (χ1v) is 15.1. The van der Waals surface area contributed by atoms with Crippen molar-refractivity contribution in [3.8, 4) is 6.07 Å². The van der Waals surface area contributed by atoms with Crippen LogP contribution >= 0.6 is 23.2 Å². The molecule has 0 aliphatic carbocycles. The summed E-state index contributed by atoms with van der Waals surface area (Å²) in [5.41, 5.74) is 0.220. The van der Waals surface area contributed by atoms with Crippen LogP contribution in [0.5, 0.6) is 0 Å². The molecule has 4 rings (SSSR count). The number of nitrogens with zero attached hydrogens (tertiary/aromatic N) is 5. The molecule has 3 N–H and O–H groups in total. The second-order valence-corrected chi connectivity index (χ2v) is 12.1. The maximum absolute atomic E-state index is 10.0. The molecule has 0 bridgehead atoms. The summed E-state index contributed by atoms with van der Waals surface area (Å²) in [4.78, 5) is 14.0. The number of nitrogens with one attached hydrogen (secondary N) is 2. The fourth-order valence-corrected chi connectivity index (χ4v) is 5.99. The fraction of sp³-hybridized carbons (Fsp3) is 0.600. The Morgan fingerprint density at radius 3 is 2.62 bits per heavy atom. The number of aromatic nitrogens is 2. The Morgan fingerprint density at radius 1 is 1.25 bits per heavy atom. The maximum atomic E-state index is 10.0. The van der Waals surface area contributed by atoms with Crippen molar-refractivity contribution in [2.75, 3.05) is 42.9 Å². The largest absolute Gasteiger partial charge is 0.390 e. The number of nitriles is 1. The molecule has 218 valence electrons. The molecule has 2 unspecified atom stereocenters. The third kappa shape index (κ3) is 8.53. The molecular formula is C30H43Cl2N7O. The number of hydrogen-bond donors (Lipinski definition) is 3. The molecular weight excluding hydrogens is 545 g/mol. The second kappa shape index (κ2) is 14.5. The van der Waals surface area contributed by atoms with Gasteiger partial charge in [0.15, 0.2) is 11.5 Å². The van der Waals surface area contributed by atoms with Crippen molar-refractivity contribution in [1.29, 1.82) is 10.7 Å². The van der Waals surface area contributed by atoms with E-state index in [-0.39, 0.29) is 17.4 Å². The van der Waals surface area contributed by atoms with Gasteiger partial charge in [-0.3, -0.25) is 5.41 Å². The molecule has 2 aliphatic heterocycles. The van der Waals surface area contributed by atoms with Crippen molar-refractivity contribution in [1.82, 2.24) is 14.9 Å². The van der Waals surface area contributed by atoms with Gasteiger partial charge in [-0.2, -0.15) is 5.26 Å². The van der Waals surface area contributed by atoms with Crippen LogP contribution in [0.2, 0.25) is 10.0 Å². The van der Waals surface area contributed by atoms with Crippen molar-refractivity contribution < 1.29 is 5.11 Å². The van der Waals surface area contributed by atoms with Gasteiger partial charge in [0.2, 0.25) is 0 Å². The molecule has 0 radical (unpaired) electrons. The van der Waals surface area contributed by atoms with Gasteiger partial charge in [-0.15, -0.1) is 0 Å². The Bertz CT molecular complexity index is 1190. The number of rotatable bonds is 10. The molecule has 0 saturated carbocycles. The third-order valence-electron chi connectivity index (χ3n) is 7.60. The van der Waals surface area contributed by atoms with Crippen LogP contribution < -0.4 is 10.2 Å². The SMILES string of the molecule is CC.CC(Nc1nc(N2CC(C3CCCN(CCCC(C)(C)O)C3)C2)cnc1C(=N)C#N)c1ccc(Cl)cc1Cl. The van der Waals surface area contributed by atoms with E-state index in [1.165, 1.54) is 12.8 Å². The van der Waals surface area contributed by atoms with E-state index >= 15 is 0 Å². The van der Waals surface area contributed by atoms with E-state index in [2.05, 4.69) is 20.1 Å². The Kier molecular flexibility index (Phi) is 11.6. The molecule has 2 aromatic rings. The maximum Gasteiger partial charge on any atom is 0.161 e. The van der Waals surface area contributed by atoms with Gasteiger partial charge < -0.3 is 20.2 Å². The summed E-state index contributed by atoms with van der Waals surface area (Å²) in [6, 6.07) is 6.96. The first-order valence-electron chi connectivity index (χ1n) is 14.3. The van der Waals surface area contributed by atoms with Crippen molar-refractivity contribution in [2.24, 2.45) is 11.8 Å². The van der Waals surface area contributed by atoms with E-state index in [0.29, 0.717) is 27.7 Å². The molecule has 2 aliphatic rings. The summed E-state index contributed by atoms with van der Waals surface area (Å²) in [6.45, 7) is 14.8. The van der Waals surface area contributed by atoms with Crippen molar-refractivity contribution in [3.05, 3.63) is 45.7 Å². The van der Waals surface area contributed by atoms with Crippen LogP contribution in [0, 0.1) is 28.6 Å². The average molecular weight is 589 g/mol.